The number of hydrogen-bond acceptors (Lipinski definition) is 6. The number of halogens is 1. The first-order valence-electron chi connectivity index (χ1n) is 11.2. The lowest BCUT2D eigenvalue weighted by Gasteiger charge is -2.23. The number of nitrogens with one attached hydrogen (secondary N) is 1. The van der Waals surface area contributed by atoms with Crippen molar-refractivity contribution in [3.8, 4) is 11.5 Å². The Labute approximate surface area is 212 Å². The molecule has 0 aliphatic rings. The highest BCUT2D eigenvalue weighted by atomic mass is 35.5. The largest absolute Gasteiger partial charge is 0.422 e. The number of ether oxygens (including phenoxy) is 2. The van der Waals surface area contributed by atoms with Gasteiger partial charge in [0, 0.05) is 17.6 Å². The van der Waals surface area contributed by atoms with E-state index in [9.17, 15) is 14.7 Å². The molecular formula is C28H32ClNO5. The molecule has 3 aromatic carbocycles. The maximum absolute atomic E-state index is 12.8. The minimum absolute atomic E-state index is 0. The molecule has 0 bridgehead atoms. The maximum Gasteiger partial charge on any atom is 0.315 e. The fourth-order valence-corrected chi connectivity index (χ4v) is 3.37. The summed E-state index contributed by atoms with van der Waals surface area (Å²) in [4.78, 5) is 25.5. The molecule has 3 aromatic rings. The summed E-state index contributed by atoms with van der Waals surface area (Å²) in [5, 5.41) is 13.3. The van der Waals surface area contributed by atoms with Gasteiger partial charge in [-0.1, -0.05) is 66.7 Å². The summed E-state index contributed by atoms with van der Waals surface area (Å²) in [6.45, 7) is 6.10. The van der Waals surface area contributed by atoms with Gasteiger partial charge in [-0.05, 0) is 43.5 Å². The second-order valence-corrected chi connectivity index (χ2v) is 9.07. The van der Waals surface area contributed by atoms with Crippen molar-refractivity contribution in [2.45, 2.75) is 52.3 Å². The molecule has 0 aliphatic heterocycles. The number of benzene rings is 3. The van der Waals surface area contributed by atoms with Crippen LogP contribution in [0.15, 0.2) is 72.8 Å². The molecule has 0 fully saturated rings. The number of carbonyl (C=O) groups excluding carboxylic acids is 2. The summed E-state index contributed by atoms with van der Waals surface area (Å²) in [5.41, 5.74) is 2.56. The minimum atomic E-state index is -0.487. The lowest BCUT2D eigenvalue weighted by atomic mass is 10.0. The van der Waals surface area contributed by atoms with Gasteiger partial charge in [0.1, 0.15) is 0 Å². The first-order chi connectivity index (χ1) is 16.2. The molecule has 7 heteroatoms. The highest BCUT2D eigenvalue weighted by molar-refractivity contribution is 5.85. The molecule has 0 heterocycles. The van der Waals surface area contributed by atoms with Gasteiger partial charge >= 0.3 is 11.9 Å². The van der Waals surface area contributed by atoms with E-state index in [-0.39, 0.29) is 48.9 Å². The van der Waals surface area contributed by atoms with Gasteiger partial charge in [-0.3, -0.25) is 9.59 Å². The van der Waals surface area contributed by atoms with E-state index in [4.69, 9.17) is 9.47 Å². The van der Waals surface area contributed by atoms with E-state index in [1.54, 1.807) is 12.1 Å². The SMILES string of the molecule is CC(C)(C)NCc1c(CO)ccc(OC(=O)Cc2ccccc2)c1OC(=O)Cc1ccccc1.Cl. The Morgan fingerprint density at radius 2 is 1.31 bits per heavy atom. The van der Waals surface area contributed by atoms with Crippen LogP contribution in [0.1, 0.15) is 43.0 Å². The molecule has 0 saturated carbocycles. The molecule has 0 unspecified atom stereocenters. The maximum atomic E-state index is 12.8. The smallest absolute Gasteiger partial charge is 0.315 e. The quantitative estimate of drug-likeness (QED) is 0.327. The predicted octanol–water partition coefficient (Wildman–Crippen LogP) is 4.79. The van der Waals surface area contributed by atoms with Crippen LogP contribution in [0, 0.1) is 0 Å². The van der Waals surface area contributed by atoms with Crippen molar-refractivity contribution in [2.24, 2.45) is 0 Å². The van der Waals surface area contributed by atoms with Crippen molar-refractivity contribution in [3.05, 3.63) is 95.1 Å². The first-order valence-corrected chi connectivity index (χ1v) is 11.2. The molecule has 0 atom stereocenters. The molecule has 3 rings (SSSR count). The predicted molar refractivity (Wildman–Crippen MR) is 138 cm³/mol. The van der Waals surface area contributed by atoms with Crippen LogP contribution < -0.4 is 14.8 Å². The molecule has 6 nitrogen and oxygen atoms in total. The van der Waals surface area contributed by atoms with E-state index in [1.165, 1.54) is 0 Å². The van der Waals surface area contributed by atoms with Crippen LogP contribution in [0.4, 0.5) is 0 Å². The second-order valence-electron chi connectivity index (χ2n) is 9.07. The Morgan fingerprint density at radius 3 is 1.80 bits per heavy atom. The van der Waals surface area contributed by atoms with E-state index < -0.39 is 11.9 Å². The van der Waals surface area contributed by atoms with Gasteiger partial charge in [0.25, 0.3) is 0 Å². The average Bonchev–Trinajstić information content (AvgIpc) is 2.79. The van der Waals surface area contributed by atoms with Gasteiger partial charge in [-0.25, -0.2) is 0 Å². The highest BCUT2D eigenvalue weighted by Crippen LogP contribution is 2.35. The average molecular weight is 498 g/mol. The number of esters is 2. The Kier molecular flexibility index (Phi) is 10.5. The third kappa shape index (κ3) is 8.83. The van der Waals surface area contributed by atoms with Crippen molar-refractivity contribution in [2.75, 3.05) is 0 Å². The molecule has 0 spiro atoms. The molecule has 35 heavy (non-hydrogen) atoms. The Bertz CT molecular complexity index is 1110. The van der Waals surface area contributed by atoms with Crippen LogP contribution in [0.25, 0.3) is 0 Å². The van der Waals surface area contributed by atoms with E-state index in [2.05, 4.69) is 5.32 Å². The lowest BCUT2D eigenvalue weighted by molar-refractivity contribution is -0.136. The molecule has 0 saturated heterocycles. The van der Waals surface area contributed by atoms with Gasteiger partial charge in [0.05, 0.1) is 19.4 Å². The topological polar surface area (TPSA) is 84.9 Å². The highest BCUT2D eigenvalue weighted by Gasteiger charge is 2.22. The molecule has 0 aliphatic carbocycles. The van der Waals surface area contributed by atoms with E-state index in [1.807, 2.05) is 81.4 Å². The van der Waals surface area contributed by atoms with Crippen LogP contribution in [-0.4, -0.2) is 22.6 Å². The first kappa shape index (κ1) is 28.1. The monoisotopic (exact) mass is 497 g/mol. The molecule has 0 aromatic heterocycles. The van der Waals surface area contributed by atoms with E-state index in [0.717, 1.165) is 11.1 Å². The summed E-state index contributed by atoms with van der Waals surface area (Å²) in [6, 6.07) is 21.8. The van der Waals surface area contributed by atoms with Gasteiger partial charge in [0.2, 0.25) is 0 Å². The van der Waals surface area contributed by atoms with E-state index >= 15 is 0 Å². The third-order valence-electron chi connectivity index (χ3n) is 5.11. The van der Waals surface area contributed by atoms with Crippen molar-refractivity contribution < 1.29 is 24.2 Å². The zero-order valence-corrected chi connectivity index (χ0v) is 21.1. The standard InChI is InChI=1S/C28H31NO5.ClH/c1-28(2,3)29-18-23-22(19-30)14-15-24(33-25(31)16-20-10-6-4-7-11-20)27(23)34-26(32)17-21-12-8-5-9-13-21;/h4-15,29-30H,16-19H2,1-3H3;1H. The van der Waals surface area contributed by atoms with Crippen LogP contribution in [0.5, 0.6) is 11.5 Å². The van der Waals surface area contributed by atoms with Crippen molar-refractivity contribution in [1.29, 1.82) is 0 Å². The zero-order valence-electron chi connectivity index (χ0n) is 20.2. The third-order valence-corrected chi connectivity index (χ3v) is 5.11. The number of aliphatic hydroxyl groups excluding tert-OH is 1. The number of rotatable bonds is 9. The number of carbonyl (C=O) groups is 2. The molecule has 186 valence electrons. The molecular weight excluding hydrogens is 466 g/mol. The fourth-order valence-electron chi connectivity index (χ4n) is 3.37. The molecule has 2 N–H and O–H groups in total. The normalized spacial score (nSPS) is 10.9. The number of aliphatic hydroxyl groups is 1. The van der Waals surface area contributed by atoms with Gasteiger partial charge < -0.3 is 19.9 Å². The van der Waals surface area contributed by atoms with Gasteiger partial charge in [0.15, 0.2) is 11.5 Å². The van der Waals surface area contributed by atoms with Crippen LogP contribution in [0.3, 0.4) is 0 Å². The molecule has 0 amide bonds. The summed E-state index contributed by atoms with van der Waals surface area (Å²) in [6.07, 6.45) is 0.142. The van der Waals surface area contributed by atoms with Crippen LogP contribution >= 0.6 is 12.4 Å². The van der Waals surface area contributed by atoms with Crippen molar-refractivity contribution in [3.63, 3.8) is 0 Å². The zero-order chi connectivity index (χ0) is 24.6. The Hall–Kier alpha value is -3.19. The lowest BCUT2D eigenvalue weighted by Crippen LogP contribution is -2.35. The summed E-state index contributed by atoms with van der Waals surface area (Å²) >= 11 is 0. The Balaban J connectivity index is 0.00000432. The van der Waals surface area contributed by atoms with Crippen LogP contribution in [0.2, 0.25) is 0 Å². The Morgan fingerprint density at radius 1 is 0.800 bits per heavy atom. The summed E-state index contributed by atoms with van der Waals surface area (Å²) in [7, 11) is 0. The van der Waals surface area contributed by atoms with Crippen molar-refractivity contribution >= 4 is 24.3 Å². The molecule has 0 radical (unpaired) electrons. The van der Waals surface area contributed by atoms with Crippen molar-refractivity contribution in [1.82, 2.24) is 5.32 Å². The second kappa shape index (κ2) is 13.0. The minimum Gasteiger partial charge on any atom is -0.422 e. The summed E-state index contributed by atoms with van der Waals surface area (Å²) < 4.78 is 11.4. The van der Waals surface area contributed by atoms with Gasteiger partial charge in [-0.15, -0.1) is 12.4 Å². The van der Waals surface area contributed by atoms with Crippen LogP contribution in [-0.2, 0) is 35.6 Å². The fraction of sp³-hybridized carbons (Fsp3) is 0.286. The number of hydrogen-bond donors (Lipinski definition) is 2. The van der Waals surface area contributed by atoms with Gasteiger partial charge in [-0.2, -0.15) is 0 Å². The summed E-state index contributed by atoms with van der Waals surface area (Å²) in [5.74, 6) is -0.674. The van der Waals surface area contributed by atoms with E-state index in [0.29, 0.717) is 17.7 Å².